The van der Waals surface area contributed by atoms with Crippen LogP contribution in [0.5, 0.6) is 0 Å². The summed E-state index contributed by atoms with van der Waals surface area (Å²) in [4.78, 5) is 11.8. The molecule has 0 aliphatic heterocycles. The molecule has 3 rings (SSSR count). The van der Waals surface area contributed by atoms with E-state index in [2.05, 4.69) is 10.7 Å². The van der Waals surface area contributed by atoms with Crippen LogP contribution in [-0.4, -0.2) is 28.4 Å². The van der Waals surface area contributed by atoms with Crippen molar-refractivity contribution in [2.45, 2.75) is 51.1 Å². The molecule has 23 heavy (non-hydrogen) atoms. The molecular weight excluding hydrogens is 314 g/mol. The van der Waals surface area contributed by atoms with Crippen LogP contribution in [0.15, 0.2) is 24.3 Å². The smallest absolute Gasteiger partial charge is 0.311 e. The number of carbonyl (C=O) groups is 1. The zero-order chi connectivity index (χ0) is 15.5. The summed E-state index contributed by atoms with van der Waals surface area (Å²) in [5.41, 5.74) is 7.91. The molecule has 0 radical (unpaired) electrons. The predicted octanol–water partition coefficient (Wildman–Crippen LogP) is 3.01. The summed E-state index contributed by atoms with van der Waals surface area (Å²) >= 11 is 0. The lowest BCUT2D eigenvalue weighted by molar-refractivity contribution is -0.142. The van der Waals surface area contributed by atoms with Crippen molar-refractivity contribution in [3.63, 3.8) is 0 Å². The first-order valence-corrected chi connectivity index (χ1v) is 8.06. The maximum Gasteiger partial charge on any atom is 0.311 e. The highest BCUT2D eigenvalue weighted by Gasteiger charge is 2.23. The van der Waals surface area contributed by atoms with E-state index in [-0.39, 0.29) is 24.8 Å². The zero-order valence-corrected chi connectivity index (χ0v) is 14.2. The Bertz CT molecular complexity index is 663. The third-order valence-corrected chi connectivity index (χ3v) is 4.39. The highest BCUT2D eigenvalue weighted by Crippen LogP contribution is 2.31. The summed E-state index contributed by atoms with van der Waals surface area (Å²) in [6, 6.07) is 8.80. The fourth-order valence-corrected chi connectivity index (χ4v) is 3.26. The quantitative estimate of drug-likeness (QED) is 0.871. The molecule has 1 aromatic heterocycles. The first-order chi connectivity index (χ1) is 10.7. The van der Waals surface area contributed by atoms with Gasteiger partial charge in [-0.3, -0.25) is 9.48 Å². The van der Waals surface area contributed by atoms with E-state index in [1.807, 2.05) is 25.1 Å². The average Bonchev–Trinajstić information content (AvgIpc) is 2.87. The van der Waals surface area contributed by atoms with Gasteiger partial charge in [-0.1, -0.05) is 18.2 Å². The molecule has 5 nitrogen and oxygen atoms in total. The normalized spacial score (nSPS) is 21.0. The summed E-state index contributed by atoms with van der Waals surface area (Å²) in [7, 11) is 0. The molecule has 0 saturated heterocycles. The molecule has 0 spiro atoms. The van der Waals surface area contributed by atoms with Gasteiger partial charge >= 0.3 is 5.97 Å². The Hall–Kier alpha value is -1.59. The number of hydrogen-bond acceptors (Lipinski definition) is 4. The van der Waals surface area contributed by atoms with Crippen molar-refractivity contribution in [3.05, 3.63) is 30.0 Å². The number of hydrogen-bond donors (Lipinski definition) is 1. The van der Waals surface area contributed by atoms with Crippen molar-refractivity contribution in [2.24, 2.45) is 5.73 Å². The van der Waals surface area contributed by atoms with Gasteiger partial charge in [-0.05, 0) is 38.7 Å². The highest BCUT2D eigenvalue weighted by molar-refractivity contribution is 5.86. The van der Waals surface area contributed by atoms with Gasteiger partial charge in [0.15, 0.2) is 0 Å². The van der Waals surface area contributed by atoms with Crippen molar-refractivity contribution in [1.29, 1.82) is 0 Å². The van der Waals surface area contributed by atoms with Crippen molar-refractivity contribution in [2.75, 3.05) is 6.61 Å². The lowest BCUT2D eigenvalue weighted by atomic mass is 9.92. The molecule has 1 fully saturated rings. The SMILES string of the molecule is CCOC(=O)Cc1nn([C@H]2CC[C@@H](N)CC2)c2ccccc12.Cl. The predicted molar refractivity (Wildman–Crippen MR) is 92.8 cm³/mol. The molecule has 0 atom stereocenters. The second-order valence-electron chi connectivity index (χ2n) is 5.96. The van der Waals surface area contributed by atoms with Crippen molar-refractivity contribution < 1.29 is 9.53 Å². The second-order valence-corrected chi connectivity index (χ2v) is 5.96. The Kier molecular flexibility index (Phi) is 6.02. The van der Waals surface area contributed by atoms with Crippen LogP contribution in [0.3, 0.4) is 0 Å². The number of carbonyl (C=O) groups excluding carboxylic acids is 1. The third-order valence-electron chi connectivity index (χ3n) is 4.39. The number of rotatable bonds is 4. The third kappa shape index (κ3) is 3.85. The summed E-state index contributed by atoms with van der Waals surface area (Å²) in [5, 5.41) is 5.78. The average molecular weight is 338 g/mol. The van der Waals surface area contributed by atoms with Gasteiger partial charge in [-0.15, -0.1) is 12.4 Å². The Labute approximate surface area is 142 Å². The van der Waals surface area contributed by atoms with Crippen LogP contribution in [0.2, 0.25) is 0 Å². The molecule has 1 aliphatic carbocycles. The van der Waals surface area contributed by atoms with Gasteiger partial charge in [0.1, 0.15) is 0 Å². The number of benzene rings is 1. The fourth-order valence-electron chi connectivity index (χ4n) is 3.26. The monoisotopic (exact) mass is 337 g/mol. The maximum absolute atomic E-state index is 11.8. The van der Waals surface area contributed by atoms with E-state index < -0.39 is 0 Å². The van der Waals surface area contributed by atoms with Gasteiger partial charge in [0, 0.05) is 11.4 Å². The molecule has 0 bridgehead atoms. The molecule has 0 unspecified atom stereocenters. The highest BCUT2D eigenvalue weighted by atomic mass is 35.5. The molecule has 2 N–H and O–H groups in total. The van der Waals surface area contributed by atoms with Crippen LogP contribution in [0.1, 0.15) is 44.3 Å². The van der Waals surface area contributed by atoms with Crippen molar-refractivity contribution >= 4 is 29.3 Å². The van der Waals surface area contributed by atoms with E-state index in [0.717, 1.165) is 42.3 Å². The van der Waals surface area contributed by atoms with Crippen LogP contribution >= 0.6 is 12.4 Å². The minimum Gasteiger partial charge on any atom is -0.466 e. The summed E-state index contributed by atoms with van der Waals surface area (Å²) in [6.07, 6.45) is 4.39. The van der Waals surface area contributed by atoms with E-state index >= 15 is 0 Å². The number of nitrogens with two attached hydrogens (primary N) is 1. The van der Waals surface area contributed by atoms with Crippen molar-refractivity contribution in [1.82, 2.24) is 9.78 Å². The summed E-state index contributed by atoms with van der Waals surface area (Å²) in [5.74, 6) is -0.219. The first-order valence-electron chi connectivity index (χ1n) is 8.06. The lowest BCUT2D eigenvalue weighted by Crippen LogP contribution is -2.28. The number of aromatic nitrogens is 2. The molecule has 1 heterocycles. The largest absolute Gasteiger partial charge is 0.466 e. The number of para-hydroxylation sites is 1. The maximum atomic E-state index is 11.8. The molecular formula is C17H24ClN3O2. The number of nitrogens with zero attached hydrogens (tertiary/aromatic N) is 2. The van der Waals surface area contributed by atoms with E-state index in [1.165, 1.54) is 0 Å². The van der Waals surface area contributed by atoms with Gasteiger partial charge in [0.25, 0.3) is 0 Å². The number of halogens is 1. The molecule has 2 aromatic rings. The first kappa shape index (κ1) is 17.8. The Balaban J connectivity index is 0.00000192. The van der Waals surface area contributed by atoms with Gasteiger partial charge in [0.2, 0.25) is 0 Å². The van der Waals surface area contributed by atoms with E-state index in [4.69, 9.17) is 15.6 Å². The Morgan fingerprint density at radius 1 is 1.30 bits per heavy atom. The Morgan fingerprint density at radius 2 is 2.00 bits per heavy atom. The second kappa shape index (κ2) is 7.79. The van der Waals surface area contributed by atoms with Crippen LogP contribution in [0, 0.1) is 0 Å². The number of fused-ring (bicyclic) bond motifs is 1. The molecule has 126 valence electrons. The summed E-state index contributed by atoms with van der Waals surface area (Å²) < 4.78 is 7.15. The molecule has 1 saturated carbocycles. The molecule has 1 aromatic carbocycles. The van der Waals surface area contributed by atoms with E-state index in [9.17, 15) is 4.79 Å². The van der Waals surface area contributed by atoms with Gasteiger partial charge in [-0.25, -0.2) is 0 Å². The number of esters is 1. The zero-order valence-electron chi connectivity index (χ0n) is 13.4. The Morgan fingerprint density at radius 3 is 2.70 bits per heavy atom. The minimum absolute atomic E-state index is 0. The van der Waals surface area contributed by atoms with Crippen LogP contribution in [0.25, 0.3) is 10.9 Å². The lowest BCUT2D eigenvalue weighted by Gasteiger charge is -2.26. The van der Waals surface area contributed by atoms with Crippen LogP contribution < -0.4 is 5.73 Å². The standard InChI is InChI=1S/C17H23N3O2.ClH/c1-2-22-17(21)11-15-14-5-3-4-6-16(14)20(19-15)13-9-7-12(18)8-10-13;/h3-6,12-13H,2,7-11,18H2,1H3;1H/t12-,13+;. The van der Waals surface area contributed by atoms with Gasteiger partial charge in [0.05, 0.1) is 30.3 Å². The minimum atomic E-state index is -0.219. The van der Waals surface area contributed by atoms with Crippen LogP contribution in [-0.2, 0) is 16.0 Å². The van der Waals surface area contributed by atoms with E-state index in [1.54, 1.807) is 0 Å². The molecule has 6 heteroatoms. The summed E-state index contributed by atoms with van der Waals surface area (Å²) in [6.45, 7) is 2.22. The topological polar surface area (TPSA) is 70.1 Å². The van der Waals surface area contributed by atoms with Gasteiger partial charge < -0.3 is 10.5 Å². The van der Waals surface area contributed by atoms with Crippen molar-refractivity contribution in [3.8, 4) is 0 Å². The van der Waals surface area contributed by atoms with Crippen LogP contribution in [0.4, 0.5) is 0 Å². The van der Waals surface area contributed by atoms with E-state index in [0.29, 0.717) is 18.7 Å². The van der Waals surface area contributed by atoms with Gasteiger partial charge in [-0.2, -0.15) is 5.10 Å². The number of ether oxygens (including phenoxy) is 1. The molecule has 0 amide bonds. The molecule has 1 aliphatic rings. The fraction of sp³-hybridized carbons (Fsp3) is 0.529.